The van der Waals surface area contributed by atoms with Gasteiger partial charge in [-0.2, -0.15) is 0 Å². The highest BCUT2D eigenvalue weighted by Crippen LogP contribution is 2.34. The van der Waals surface area contributed by atoms with Gasteiger partial charge in [0.15, 0.2) is 0 Å². The molecule has 2 aromatic heterocycles. The van der Waals surface area contributed by atoms with Crippen molar-refractivity contribution in [1.82, 2.24) is 14.9 Å². The fourth-order valence-electron chi connectivity index (χ4n) is 5.09. The Morgan fingerprint density at radius 3 is 2.58 bits per heavy atom. The van der Waals surface area contributed by atoms with E-state index in [1.165, 1.54) is 0 Å². The maximum Gasteiger partial charge on any atom is 0.253 e. The number of rotatable bonds is 9. The zero-order valence-corrected chi connectivity index (χ0v) is 23.2. The van der Waals surface area contributed by atoms with Gasteiger partial charge in [0.25, 0.3) is 11.5 Å². The molecule has 2 aromatic carbocycles. The number of fused-ring (bicyclic) bond motifs is 1. The Labute approximate surface area is 224 Å². The second-order valence-corrected chi connectivity index (χ2v) is 10.2. The van der Waals surface area contributed by atoms with Gasteiger partial charge in [-0.15, -0.1) is 0 Å². The molecular weight excluding hydrogens is 474 g/mol. The maximum atomic E-state index is 13.7. The lowest BCUT2D eigenvalue weighted by atomic mass is 9.96. The first kappa shape index (κ1) is 27.0. The second-order valence-electron chi connectivity index (χ2n) is 10.2. The first-order chi connectivity index (χ1) is 18.1. The number of amides is 1. The molecule has 0 aliphatic rings. The number of aromatic nitrogens is 2. The smallest absolute Gasteiger partial charge is 0.253 e. The first-order valence-electron chi connectivity index (χ1n) is 13.1. The van der Waals surface area contributed by atoms with E-state index in [1.807, 2.05) is 50.2 Å². The molecule has 0 unspecified atom stereocenters. The summed E-state index contributed by atoms with van der Waals surface area (Å²) in [5, 5.41) is 3.97. The van der Waals surface area contributed by atoms with Gasteiger partial charge in [-0.05, 0) is 80.6 Å². The summed E-state index contributed by atoms with van der Waals surface area (Å²) >= 11 is 0. The lowest BCUT2D eigenvalue weighted by Gasteiger charge is -2.15. The summed E-state index contributed by atoms with van der Waals surface area (Å²) in [6.45, 7) is 14.4. The molecule has 198 valence electrons. The van der Waals surface area contributed by atoms with Crippen LogP contribution in [0.3, 0.4) is 0 Å². The molecule has 6 nitrogen and oxygen atoms in total. The molecule has 0 saturated carbocycles. The number of aromatic amines is 1. The lowest BCUT2D eigenvalue weighted by Crippen LogP contribution is -2.28. The third-order valence-corrected chi connectivity index (χ3v) is 7.00. The molecule has 4 aromatic rings. The van der Waals surface area contributed by atoms with Crippen LogP contribution in [0, 0.1) is 13.8 Å². The van der Waals surface area contributed by atoms with Gasteiger partial charge in [-0.25, -0.2) is 0 Å². The average Bonchev–Trinajstić information content (AvgIpc) is 3.23. The molecule has 1 amide bonds. The third kappa shape index (κ3) is 5.30. The molecule has 0 atom stereocenters. The average molecular weight is 512 g/mol. The number of methoxy groups -OCH3 is 1. The highest BCUT2D eigenvalue weighted by Gasteiger charge is 2.20. The van der Waals surface area contributed by atoms with E-state index < -0.39 is 0 Å². The molecule has 0 fully saturated rings. The topological polar surface area (TPSA) is 76.1 Å². The molecule has 0 radical (unpaired) electrons. The second kappa shape index (κ2) is 11.1. The number of aryl methyl sites for hydroxylation is 3. The minimum absolute atomic E-state index is 0.148. The number of carbonyl (C=O) groups is 1. The monoisotopic (exact) mass is 511 g/mol. The Bertz CT molecular complexity index is 1570. The van der Waals surface area contributed by atoms with Crippen molar-refractivity contribution >= 4 is 22.6 Å². The summed E-state index contributed by atoms with van der Waals surface area (Å²) in [6, 6.07) is 14.3. The van der Waals surface area contributed by atoms with E-state index in [1.54, 1.807) is 7.11 Å². The first-order valence-corrected chi connectivity index (χ1v) is 13.1. The number of hydrogen-bond acceptors (Lipinski definition) is 3. The molecule has 0 bridgehead atoms. The summed E-state index contributed by atoms with van der Waals surface area (Å²) in [4.78, 5) is 29.4. The van der Waals surface area contributed by atoms with Crippen LogP contribution >= 0.6 is 0 Å². The van der Waals surface area contributed by atoms with Crippen molar-refractivity contribution in [2.24, 2.45) is 0 Å². The van der Waals surface area contributed by atoms with Gasteiger partial charge in [0, 0.05) is 52.1 Å². The van der Waals surface area contributed by atoms with Gasteiger partial charge in [0.05, 0.1) is 7.11 Å². The van der Waals surface area contributed by atoms with Crippen LogP contribution < -0.4 is 10.9 Å². The van der Waals surface area contributed by atoms with E-state index in [-0.39, 0.29) is 24.1 Å². The Morgan fingerprint density at radius 1 is 1.13 bits per heavy atom. The summed E-state index contributed by atoms with van der Waals surface area (Å²) < 4.78 is 7.54. The lowest BCUT2D eigenvalue weighted by molar-refractivity contribution is 0.0952. The summed E-state index contributed by atoms with van der Waals surface area (Å²) in [5.41, 5.74) is 7.66. The number of benzene rings is 2. The molecule has 6 heteroatoms. The number of pyridine rings is 1. The van der Waals surface area contributed by atoms with Gasteiger partial charge in [-0.1, -0.05) is 38.1 Å². The number of H-pyrrole nitrogens is 1. The molecule has 0 aliphatic carbocycles. The van der Waals surface area contributed by atoms with Gasteiger partial charge in [-0.3, -0.25) is 9.59 Å². The van der Waals surface area contributed by atoms with Crippen molar-refractivity contribution in [3.8, 4) is 11.1 Å². The van der Waals surface area contributed by atoms with Gasteiger partial charge in [0.1, 0.15) is 5.76 Å². The highest BCUT2D eigenvalue weighted by atomic mass is 16.5. The standard InChI is InChI=1S/C32H37N3O3/c1-8-10-25-13-21(5)34-32(37)28(25)17-33-31(36)27-15-26(24-12-9-11-23(14-24)22(6)38-7)16-29-30(27)20(4)18-35(29)19(2)3/h9,11-16,18-19H,6,8,10,17H2,1-5,7H3,(H,33,36)(H,34,37). The Morgan fingerprint density at radius 2 is 1.89 bits per heavy atom. The number of ether oxygens (including phenoxy) is 1. The minimum atomic E-state index is -0.207. The Balaban J connectivity index is 1.81. The van der Waals surface area contributed by atoms with E-state index in [2.05, 4.69) is 54.5 Å². The number of nitrogens with zero attached hydrogens (tertiary/aromatic N) is 1. The van der Waals surface area contributed by atoms with Crippen LogP contribution in [-0.4, -0.2) is 22.6 Å². The van der Waals surface area contributed by atoms with Crippen LogP contribution in [0.5, 0.6) is 0 Å². The molecule has 0 aliphatic heterocycles. The Kier molecular flexibility index (Phi) is 7.91. The van der Waals surface area contributed by atoms with Gasteiger partial charge >= 0.3 is 0 Å². The van der Waals surface area contributed by atoms with Crippen molar-refractivity contribution in [2.45, 2.75) is 60.0 Å². The van der Waals surface area contributed by atoms with Crippen LogP contribution in [0.1, 0.15) is 71.5 Å². The minimum Gasteiger partial charge on any atom is -0.497 e. The van der Waals surface area contributed by atoms with Crippen LogP contribution in [0.4, 0.5) is 0 Å². The van der Waals surface area contributed by atoms with Crippen molar-refractivity contribution in [2.75, 3.05) is 7.11 Å². The summed E-state index contributed by atoms with van der Waals surface area (Å²) in [7, 11) is 1.60. The quantitative estimate of drug-likeness (QED) is 0.246. The largest absolute Gasteiger partial charge is 0.497 e. The van der Waals surface area contributed by atoms with Crippen molar-refractivity contribution in [3.05, 3.63) is 99.1 Å². The molecule has 0 saturated heterocycles. The van der Waals surface area contributed by atoms with Gasteiger partial charge in [0.2, 0.25) is 0 Å². The molecular formula is C32H37N3O3. The summed E-state index contributed by atoms with van der Waals surface area (Å²) in [6.07, 6.45) is 3.81. The van der Waals surface area contributed by atoms with Crippen LogP contribution in [0.25, 0.3) is 27.8 Å². The van der Waals surface area contributed by atoms with Crippen LogP contribution in [0.2, 0.25) is 0 Å². The van der Waals surface area contributed by atoms with E-state index in [4.69, 9.17) is 4.74 Å². The predicted octanol–water partition coefficient (Wildman–Crippen LogP) is 6.69. The highest BCUT2D eigenvalue weighted by molar-refractivity contribution is 6.09. The Hall–Kier alpha value is -4.06. The normalized spacial score (nSPS) is 11.2. The van der Waals surface area contributed by atoms with Crippen molar-refractivity contribution in [3.63, 3.8) is 0 Å². The summed E-state index contributed by atoms with van der Waals surface area (Å²) in [5.74, 6) is 0.375. The number of hydrogen-bond donors (Lipinski definition) is 2. The van der Waals surface area contributed by atoms with Crippen molar-refractivity contribution < 1.29 is 9.53 Å². The number of carbonyl (C=O) groups excluding carboxylic acids is 1. The van der Waals surface area contributed by atoms with E-state index >= 15 is 0 Å². The maximum absolute atomic E-state index is 13.7. The predicted molar refractivity (Wildman–Crippen MR) is 156 cm³/mol. The SMILES string of the molecule is C=C(OC)c1cccc(-c2cc(C(=O)NCc3c(CCC)cc(C)[nH]c3=O)c3c(C)cn(C(C)C)c3c2)c1. The zero-order valence-electron chi connectivity index (χ0n) is 23.2. The molecule has 38 heavy (non-hydrogen) atoms. The molecule has 0 spiro atoms. The fourth-order valence-corrected chi connectivity index (χ4v) is 5.09. The zero-order chi connectivity index (χ0) is 27.6. The van der Waals surface area contributed by atoms with E-state index in [0.717, 1.165) is 57.3 Å². The van der Waals surface area contributed by atoms with E-state index in [9.17, 15) is 9.59 Å². The van der Waals surface area contributed by atoms with Crippen LogP contribution in [0.15, 0.2) is 60.0 Å². The fraction of sp³-hybridized carbons (Fsp3) is 0.312. The van der Waals surface area contributed by atoms with Crippen molar-refractivity contribution in [1.29, 1.82) is 0 Å². The molecule has 2 N–H and O–H groups in total. The van der Waals surface area contributed by atoms with E-state index in [0.29, 0.717) is 16.9 Å². The molecule has 4 rings (SSSR count). The van der Waals surface area contributed by atoms with Gasteiger partial charge < -0.3 is 19.6 Å². The van der Waals surface area contributed by atoms with Crippen LogP contribution in [-0.2, 0) is 17.7 Å². The number of nitrogens with one attached hydrogen (secondary N) is 2. The third-order valence-electron chi connectivity index (χ3n) is 7.00. The molecule has 2 heterocycles.